The molecule has 2 aliphatic heterocycles. The molecule has 0 bridgehead atoms. The maximum absolute atomic E-state index is 14.8. The molecule has 0 spiro atoms. The van der Waals surface area contributed by atoms with Gasteiger partial charge in [-0.05, 0) is 60.2 Å². The van der Waals surface area contributed by atoms with Gasteiger partial charge < -0.3 is 24.3 Å². The summed E-state index contributed by atoms with van der Waals surface area (Å²) in [5.74, 6) is -0.481. The second kappa shape index (κ2) is 9.00. The molecule has 9 heteroatoms. The molecule has 6 rings (SSSR count). The number of aliphatic hydroxyl groups excluding tert-OH is 1. The van der Waals surface area contributed by atoms with Gasteiger partial charge in [-0.2, -0.15) is 5.26 Å². The van der Waals surface area contributed by atoms with E-state index in [1.807, 2.05) is 53.0 Å². The van der Waals surface area contributed by atoms with E-state index in [0.29, 0.717) is 46.7 Å². The number of likely N-dealkylation sites (tertiary alicyclic amines) is 1. The summed E-state index contributed by atoms with van der Waals surface area (Å²) in [5, 5.41) is 19.9. The van der Waals surface area contributed by atoms with Gasteiger partial charge >= 0.3 is 0 Å². The Morgan fingerprint density at radius 2 is 2.00 bits per heavy atom. The Morgan fingerprint density at radius 3 is 2.78 bits per heavy atom. The molecular weight excluding hydrogens is 476 g/mol. The first kappa shape index (κ1) is 23.2. The molecule has 186 valence electrons. The Labute approximate surface area is 211 Å². The van der Waals surface area contributed by atoms with Gasteiger partial charge in [-0.1, -0.05) is 18.2 Å². The number of imidazole rings is 1. The molecule has 4 aromatic rings. The lowest BCUT2D eigenvalue weighted by Crippen LogP contribution is -2.30. The number of β-amino-alcohol motifs (C(OH)–C–C–N with tert-alkyl or cyclic N) is 1. The Balaban J connectivity index is 1.53. The van der Waals surface area contributed by atoms with Crippen molar-refractivity contribution in [3.05, 3.63) is 94.1 Å². The molecule has 37 heavy (non-hydrogen) atoms. The van der Waals surface area contributed by atoms with Crippen LogP contribution in [-0.4, -0.2) is 45.8 Å². The number of halogens is 2. The maximum Gasteiger partial charge on any atom is 0.219 e. The summed E-state index contributed by atoms with van der Waals surface area (Å²) in [6, 6.07) is 14.6. The summed E-state index contributed by atoms with van der Waals surface area (Å²) in [6.45, 7) is 1.13. The predicted molar refractivity (Wildman–Crippen MR) is 134 cm³/mol. The Hall–Kier alpha value is -4.26. The fourth-order valence-corrected chi connectivity index (χ4v) is 5.34. The van der Waals surface area contributed by atoms with Crippen molar-refractivity contribution in [3.8, 4) is 11.9 Å². The molecule has 2 aliphatic rings. The van der Waals surface area contributed by atoms with Crippen LogP contribution in [0.4, 0.5) is 8.78 Å². The van der Waals surface area contributed by atoms with Gasteiger partial charge in [-0.3, -0.25) is 0 Å². The molecule has 0 saturated carbocycles. The van der Waals surface area contributed by atoms with Crippen LogP contribution in [0, 0.1) is 23.1 Å². The van der Waals surface area contributed by atoms with Crippen LogP contribution in [0.1, 0.15) is 28.3 Å². The first-order chi connectivity index (χ1) is 17.9. The molecule has 1 saturated heterocycles. The maximum atomic E-state index is 14.8. The number of ether oxygens (including phenoxy) is 1. The first-order valence-electron chi connectivity index (χ1n) is 11.9. The zero-order valence-electron chi connectivity index (χ0n) is 19.9. The molecule has 7 nitrogen and oxygen atoms in total. The number of benzene rings is 3. The zero-order valence-corrected chi connectivity index (χ0v) is 19.9. The van der Waals surface area contributed by atoms with Gasteiger partial charge in [0.05, 0.1) is 23.2 Å². The van der Waals surface area contributed by atoms with E-state index in [2.05, 4.69) is 9.98 Å². The van der Waals surface area contributed by atoms with Crippen LogP contribution < -0.4 is 10.4 Å². The summed E-state index contributed by atoms with van der Waals surface area (Å²) in [7, 11) is 1.94. The molecule has 0 unspecified atom stereocenters. The van der Waals surface area contributed by atoms with E-state index >= 15 is 0 Å². The quantitative estimate of drug-likeness (QED) is 0.409. The van der Waals surface area contributed by atoms with Crippen LogP contribution in [-0.2, 0) is 6.61 Å². The number of nitrogens with zero attached hydrogens (tertiary/aromatic N) is 4. The van der Waals surface area contributed by atoms with Crippen molar-refractivity contribution in [2.24, 2.45) is 4.99 Å². The van der Waals surface area contributed by atoms with Crippen LogP contribution >= 0.6 is 0 Å². The van der Waals surface area contributed by atoms with Gasteiger partial charge in [0.1, 0.15) is 24.0 Å². The highest BCUT2D eigenvalue weighted by atomic mass is 19.1. The summed E-state index contributed by atoms with van der Waals surface area (Å²) in [4.78, 5) is 9.19. The number of aromatic amines is 1. The highest BCUT2D eigenvalue weighted by Crippen LogP contribution is 2.39. The molecule has 1 aromatic heterocycles. The third-order valence-electron chi connectivity index (χ3n) is 7.01. The van der Waals surface area contributed by atoms with Gasteiger partial charge in [-0.15, -0.1) is 4.99 Å². The van der Waals surface area contributed by atoms with Crippen molar-refractivity contribution < 1.29 is 18.6 Å². The highest BCUT2D eigenvalue weighted by molar-refractivity contribution is 5.95. The number of likely N-dealkylation sites (N-methyl/N-ethyl adjacent to an activating group) is 1. The minimum atomic E-state index is -0.599. The number of hydrogen-bond acceptors (Lipinski definition) is 5. The summed E-state index contributed by atoms with van der Waals surface area (Å²) < 4.78 is 36.4. The number of hydrogen-bond donors (Lipinski definition) is 2. The van der Waals surface area contributed by atoms with E-state index < -0.39 is 11.9 Å². The smallest absolute Gasteiger partial charge is 0.219 e. The van der Waals surface area contributed by atoms with Gasteiger partial charge in [0, 0.05) is 30.3 Å². The number of nitriles is 1. The van der Waals surface area contributed by atoms with Gasteiger partial charge in [0.25, 0.3) is 0 Å². The lowest BCUT2D eigenvalue weighted by molar-refractivity contribution is 0.146. The average Bonchev–Trinajstić information content (AvgIpc) is 3.34. The number of fused-ring (bicyclic) bond motifs is 3. The predicted octanol–water partition coefficient (Wildman–Crippen LogP) is 3.96. The molecule has 3 heterocycles. The molecule has 2 atom stereocenters. The van der Waals surface area contributed by atoms with E-state index in [1.54, 1.807) is 12.1 Å². The zero-order chi connectivity index (χ0) is 25.7. The Bertz CT molecular complexity index is 1680. The summed E-state index contributed by atoms with van der Waals surface area (Å²) in [5.41, 5.74) is 5.12. The molecule has 2 N–H and O–H groups in total. The van der Waals surface area contributed by atoms with Crippen molar-refractivity contribution >= 4 is 22.7 Å². The van der Waals surface area contributed by atoms with E-state index in [9.17, 15) is 19.1 Å². The third-order valence-corrected chi connectivity index (χ3v) is 7.01. The second-order valence-corrected chi connectivity index (χ2v) is 9.42. The third kappa shape index (κ3) is 4.00. The first-order valence-corrected chi connectivity index (χ1v) is 11.9. The van der Waals surface area contributed by atoms with Crippen molar-refractivity contribution in [2.45, 2.75) is 18.8 Å². The van der Waals surface area contributed by atoms with E-state index in [-0.39, 0.29) is 18.5 Å². The van der Waals surface area contributed by atoms with Gasteiger partial charge in [0.15, 0.2) is 0 Å². The number of nitrogens with one attached hydrogen (secondary N) is 1. The van der Waals surface area contributed by atoms with E-state index in [4.69, 9.17) is 4.74 Å². The van der Waals surface area contributed by atoms with Crippen LogP contribution in [0.5, 0.6) is 5.75 Å². The monoisotopic (exact) mass is 499 g/mol. The lowest BCUT2D eigenvalue weighted by Gasteiger charge is -2.16. The van der Waals surface area contributed by atoms with Crippen molar-refractivity contribution in [1.82, 2.24) is 14.5 Å². The lowest BCUT2D eigenvalue weighted by atomic mass is 9.92. The molecule has 0 aliphatic carbocycles. The number of aliphatic hydroxyl groups is 1. The molecule has 0 amide bonds. The molecule has 0 radical (unpaired) electrons. The molecular formula is C28H23F2N5O2. The van der Waals surface area contributed by atoms with E-state index in [0.717, 1.165) is 16.6 Å². The fraction of sp³-hybridized carbons (Fsp3) is 0.214. The standard InChI is InChI=1S/C28H23F2N5O2/c1-34-12-25(26(36)13-34)35-24-8-5-16(10-23(24)33-28(35)32-15-31)9-20-18-3-2-4-22(30)21(18)14-37-27-11-17(29)6-7-19(20)27/h2-11,25-26,36H,12-14H2,1H3,(H,32,33)/b20-9+/t25-,26+/m1/s1. The molecule has 3 aromatic carbocycles. The van der Waals surface area contributed by atoms with Crippen molar-refractivity contribution in [2.75, 3.05) is 20.1 Å². The summed E-state index contributed by atoms with van der Waals surface area (Å²) >= 11 is 0. The van der Waals surface area contributed by atoms with Gasteiger partial charge in [-0.25, -0.2) is 8.78 Å². The van der Waals surface area contributed by atoms with Crippen molar-refractivity contribution in [1.29, 1.82) is 5.26 Å². The van der Waals surface area contributed by atoms with Crippen LogP contribution in [0.15, 0.2) is 59.6 Å². The van der Waals surface area contributed by atoms with Crippen LogP contribution in [0.3, 0.4) is 0 Å². The average molecular weight is 500 g/mol. The topological polar surface area (TPSA) is 89.6 Å². The minimum absolute atomic E-state index is 0.0113. The second-order valence-electron chi connectivity index (χ2n) is 9.42. The summed E-state index contributed by atoms with van der Waals surface area (Å²) in [6.07, 6.45) is 3.15. The fourth-order valence-electron chi connectivity index (χ4n) is 5.34. The SMILES string of the molecule is CN1C[C@@H](n2/c(=N/C#N)[nH]c3cc(/C=C4/c5ccc(F)cc5OCc5c(F)cccc54)ccc32)[C@@H](O)C1. The van der Waals surface area contributed by atoms with Crippen molar-refractivity contribution in [3.63, 3.8) is 0 Å². The number of aromatic nitrogens is 2. The van der Waals surface area contributed by atoms with Gasteiger partial charge in [0.2, 0.25) is 11.8 Å². The Kier molecular flexibility index (Phi) is 5.63. The van der Waals surface area contributed by atoms with E-state index in [1.165, 1.54) is 18.2 Å². The largest absolute Gasteiger partial charge is 0.488 e. The number of H-pyrrole nitrogens is 1. The van der Waals surface area contributed by atoms with Crippen LogP contribution in [0.2, 0.25) is 0 Å². The molecule has 1 fully saturated rings. The Morgan fingerprint density at radius 1 is 1.14 bits per heavy atom. The number of rotatable bonds is 2. The normalized spacial score (nSPS) is 20.9. The highest BCUT2D eigenvalue weighted by Gasteiger charge is 2.32. The van der Waals surface area contributed by atoms with Crippen LogP contribution in [0.25, 0.3) is 22.7 Å². The minimum Gasteiger partial charge on any atom is -0.488 e.